The number of nitrogens with zero attached hydrogens (tertiary/aromatic N) is 1. The van der Waals surface area contributed by atoms with E-state index in [2.05, 4.69) is 4.98 Å². The van der Waals surface area contributed by atoms with Crippen molar-refractivity contribution >= 4 is 22.6 Å². The van der Waals surface area contributed by atoms with Gasteiger partial charge in [-0.1, -0.05) is 18.2 Å². The third-order valence-corrected chi connectivity index (χ3v) is 3.46. The Balaban J connectivity index is 2.51. The first kappa shape index (κ1) is 13.7. The largest absolute Gasteiger partial charge is 0.490 e. The van der Waals surface area contributed by atoms with E-state index in [1.54, 1.807) is 12.1 Å². The predicted molar refractivity (Wildman–Crippen MR) is 70.9 cm³/mol. The van der Waals surface area contributed by atoms with Crippen LogP contribution in [-0.4, -0.2) is 30.6 Å². The lowest BCUT2D eigenvalue weighted by Crippen LogP contribution is -2.30. The topological polar surface area (TPSA) is 114 Å². The van der Waals surface area contributed by atoms with Crippen molar-refractivity contribution in [1.29, 1.82) is 0 Å². The average molecular weight is 278 g/mol. The van der Waals surface area contributed by atoms with Crippen molar-refractivity contribution in [3.05, 3.63) is 42.7 Å². The molecule has 0 spiro atoms. The fourth-order valence-corrected chi connectivity index (χ4v) is 2.17. The third kappa shape index (κ3) is 3.18. The molecule has 6 nitrogen and oxygen atoms in total. The number of nitrogens with two attached hydrogens (primary N) is 1. The Hall–Kier alpha value is -1.74. The molecule has 0 radical (unpaired) electrons. The lowest BCUT2D eigenvalue weighted by molar-refractivity contribution is 0.425. The highest BCUT2D eigenvalue weighted by Crippen LogP contribution is 2.20. The summed E-state index contributed by atoms with van der Waals surface area (Å²) < 4.78 is 22.5. The van der Waals surface area contributed by atoms with Crippen LogP contribution >= 0.6 is 0 Å². The van der Waals surface area contributed by atoms with Crippen molar-refractivity contribution < 1.29 is 18.5 Å². The van der Waals surface area contributed by atoms with E-state index in [1.807, 2.05) is 0 Å². The molecule has 0 saturated carbocycles. The highest BCUT2D eigenvalue weighted by Gasteiger charge is 2.13. The zero-order chi connectivity index (χ0) is 14.0. The number of benzene rings is 1. The standard InChI is InChI=1S/C11H11BN2O4S/c13-19(17,18)11-3-1-2-8(5-11)9-4-10(12(15)16)7-14-6-9/h1-7,15-16H,(H2,13,17,18). The van der Waals surface area contributed by atoms with Crippen LogP contribution in [-0.2, 0) is 10.0 Å². The number of primary sulfonamides is 1. The molecule has 1 aromatic carbocycles. The van der Waals surface area contributed by atoms with Gasteiger partial charge in [-0.25, -0.2) is 13.6 Å². The van der Waals surface area contributed by atoms with E-state index in [1.165, 1.54) is 30.6 Å². The Labute approximate surface area is 110 Å². The minimum absolute atomic E-state index is 0.0139. The van der Waals surface area contributed by atoms with Crippen LogP contribution in [0.2, 0.25) is 0 Å². The van der Waals surface area contributed by atoms with E-state index in [0.29, 0.717) is 11.1 Å². The van der Waals surface area contributed by atoms with E-state index >= 15 is 0 Å². The molecule has 2 aromatic rings. The summed E-state index contributed by atoms with van der Waals surface area (Å²) in [6.07, 6.45) is 2.81. The molecule has 0 atom stereocenters. The summed E-state index contributed by atoms with van der Waals surface area (Å²) in [7, 11) is -5.41. The quantitative estimate of drug-likeness (QED) is 0.628. The molecule has 0 aliphatic heterocycles. The van der Waals surface area contributed by atoms with E-state index in [0.717, 1.165) is 0 Å². The zero-order valence-electron chi connectivity index (χ0n) is 9.76. The van der Waals surface area contributed by atoms with E-state index in [9.17, 15) is 8.42 Å². The van der Waals surface area contributed by atoms with Crippen molar-refractivity contribution in [2.45, 2.75) is 4.90 Å². The highest BCUT2D eigenvalue weighted by atomic mass is 32.2. The summed E-state index contributed by atoms with van der Waals surface area (Å²) in [5, 5.41) is 23.2. The fraction of sp³-hybridized carbons (Fsp3) is 0. The maximum absolute atomic E-state index is 11.3. The number of hydrogen-bond donors (Lipinski definition) is 3. The molecule has 0 aliphatic rings. The van der Waals surface area contributed by atoms with Crippen LogP contribution in [0.5, 0.6) is 0 Å². The van der Waals surface area contributed by atoms with E-state index < -0.39 is 17.1 Å². The Morgan fingerprint density at radius 3 is 2.47 bits per heavy atom. The molecule has 0 unspecified atom stereocenters. The highest BCUT2D eigenvalue weighted by molar-refractivity contribution is 7.89. The Morgan fingerprint density at radius 1 is 1.11 bits per heavy atom. The molecule has 2 rings (SSSR count). The molecular weight excluding hydrogens is 267 g/mol. The van der Waals surface area contributed by atoms with Gasteiger partial charge in [-0.2, -0.15) is 0 Å². The van der Waals surface area contributed by atoms with Crippen molar-refractivity contribution in [2.75, 3.05) is 0 Å². The molecule has 1 heterocycles. The van der Waals surface area contributed by atoms with Gasteiger partial charge in [0.05, 0.1) is 4.90 Å². The summed E-state index contributed by atoms with van der Waals surface area (Å²) in [4.78, 5) is 3.86. The number of hydrogen-bond acceptors (Lipinski definition) is 5. The Morgan fingerprint density at radius 2 is 1.84 bits per heavy atom. The molecular formula is C11H11BN2O4S. The van der Waals surface area contributed by atoms with Crippen LogP contribution < -0.4 is 10.6 Å². The molecule has 8 heteroatoms. The van der Waals surface area contributed by atoms with Gasteiger partial charge in [-0.15, -0.1) is 0 Å². The SMILES string of the molecule is NS(=O)(=O)c1cccc(-c2cncc(B(O)O)c2)c1. The molecule has 19 heavy (non-hydrogen) atoms. The summed E-state index contributed by atoms with van der Waals surface area (Å²) in [6.45, 7) is 0. The minimum atomic E-state index is -3.78. The summed E-state index contributed by atoms with van der Waals surface area (Å²) in [6, 6.07) is 7.53. The molecule has 4 N–H and O–H groups in total. The van der Waals surface area contributed by atoms with Crippen LogP contribution in [0, 0.1) is 0 Å². The van der Waals surface area contributed by atoms with Crippen molar-refractivity contribution in [3.8, 4) is 11.1 Å². The van der Waals surface area contributed by atoms with Crippen molar-refractivity contribution in [1.82, 2.24) is 4.98 Å². The summed E-state index contributed by atoms with van der Waals surface area (Å²) in [5.74, 6) is 0. The second kappa shape index (κ2) is 5.10. The molecule has 0 fully saturated rings. The molecule has 0 aliphatic carbocycles. The minimum Gasteiger partial charge on any atom is -0.423 e. The average Bonchev–Trinajstić information content (AvgIpc) is 2.38. The number of pyridine rings is 1. The molecule has 0 bridgehead atoms. The summed E-state index contributed by atoms with van der Waals surface area (Å²) in [5.41, 5.74) is 1.36. The molecule has 0 saturated heterocycles. The van der Waals surface area contributed by atoms with E-state index in [4.69, 9.17) is 15.2 Å². The van der Waals surface area contributed by atoms with Gasteiger partial charge in [0.15, 0.2) is 0 Å². The monoisotopic (exact) mass is 278 g/mol. The third-order valence-electron chi connectivity index (χ3n) is 2.55. The lowest BCUT2D eigenvalue weighted by atomic mass is 9.80. The van der Waals surface area contributed by atoms with Crippen LogP contribution in [0.15, 0.2) is 47.6 Å². The number of rotatable bonds is 3. The van der Waals surface area contributed by atoms with Gasteiger partial charge >= 0.3 is 7.12 Å². The maximum atomic E-state index is 11.3. The van der Waals surface area contributed by atoms with Gasteiger partial charge < -0.3 is 10.0 Å². The van der Waals surface area contributed by atoms with Gasteiger partial charge in [-0.05, 0) is 23.3 Å². The van der Waals surface area contributed by atoms with Gasteiger partial charge in [0.25, 0.3) is 0 Å². The molecule has 0 amide bonds. The van der Waals surface area contributed by atoms with Gasteiger partial charge in [0.2, 0.25) is 10.0 Å². The maximum Gasteiger partial charge on any atom is 0.490 e. The van der Waals surface area contributed by atoms with E-state index in [-0.39, 0.29) is 10.4 Å². The second-order valence-corrected chi connectivity index (χ2v) is 5.51. The first-order valence-electron chi connectivity index (χ1n) is 5.32. The summed E-state index contributed by atoms with van der Waals surface area (Å²) >= 11 is 0. The van der Waals surface area contributed by atoms with Gasteiger partial charge in [0, 0.05) is 17.9 Å². The normalized spacial score (nSPS) is 11.3. The molecule has 1 aromatic heterocycles. The smallest absolute Gasteiger partial charge is 0.423 e. The van der Waals surface area contributed by atoms with Crippen molar-refractivity contribution in [2.24, 2.45) is 5.14 Å². The molecule has 98 valence electrons. The fourth-order valence-electron chi connectivity index (χ4n) is 1.61. The number of sulfonamides is 1. The van der Waals surface area contributed by atoms with Gasteiger partial charge in [-0.3, -0.25) is 4.98 Å². The Kier molecular flexibility index (Phi) is 3.67. The van der Waals surface area contributed by atoms with Crippen LogP contribution in [0.1, 0.15) is 0 Å². The lowest BCUT2D eigenvalue weighted by Gasteiger charge is -2.06. The zero-order valence-corrected chi connectivity index (χ0v) is 10.6. The van der Waals surface area contributed by atoms with Crippen LogP contribution in [0.25, 0.3) is 11.1 Å². The first-order chi connectivity index (χ1) is 8.88. The van der Waals surface area contributed by atoms with Crippen LogP contribution in [0.4, 0.5) is 0 Å². The Bertz CT molecular complexity index is 703. The second-order valence-electron chi connectivity index (χ2n) is 3.95. The van der Waals surface area contributed by atoms with Crippen molar-refractivity contribution in [3.63, 3.8) is 0 Å². The number of aromatic nitrogens is 1. The van der Waals surface area contributed by atoms with Crippen LogP contribution in [0.3, 0.4) is 0 Å². The van der Waals surface area contributed by atoms with Gasteiger partial charge in [0.1, 0.15) is 0 Å². The predicted octanol–water partition coefficient (Wildman–Crippen LogP) is -0.924. The first-order valence-corrected chi connectivity index (χ1v) is 6.87.